The number of carboxylic acid groups (broad SMARTS) is 1. The Bertz CT molecular complexity index is 1360. The van der Waals surface area contributed by atoms with Crippen LogP contribution in [0.4, 0.5) is 21.9 Å². The maximum atomic E-state index is 12.9. The number of carbonyl (C=O) groups is 4. The molecule has 9 nitrogen and oxygen atoms in total. The van der Waals surface area contributed by atoms with Crippen LogP contribution in [0.3, 0.4) is 0 Å². The number of urea groups is 1. The molecule has 0 spiro atoms. The lowest BCUT2D eigenvalue weighted by atomic mass is 10.0. The van der Waals surface area contributed by atoms with Gasteiger partial charge in [0.2, 0.25) is 11.8 Å². The van der Waals surface area contributed by atoms with Gasteiger partial charge in [0.1, 0.15) is 6.04 Å². The van der Waals surface area contributed by atoms with Gasteiger partial charge in [0, 0.05) is 17.1 Å². The number of nitrogens with one attached hydrogen (secondary N) is 4. The number of hydrogen-bond donors (Lipinski definition) is 5. The second kappa shape index (κ2) is 13.4. The van der Waals surface area contributed by atoms with Crippen molar-refractivity contribution in [2.24, 2.45) is 5.92 Å². The van der Waals surface area contributed by atoms with E-state index in [1.165, 1.54) is 18.2 Å². The first-order valence-corrected chi connectivity index (χ1v) is 12.7. The first-order chi connectivity index (χ1) is 18.5. The van der Waals surface area contributed by atoms with E-state index in [2.05, 4.69) is 21.3 Å². The molecule has 204 valence electrons. The van der Waals surface area contributed by atoms with E-state index >= 15 is 0 Å². The van der Waals surface area contributed by atoms with Crippen molar-refractivity contribution in [3.05, 3.63) is 88.4 Å². The Morgan fingerprint density at radius 3 is 2.15 bits per heavy atom. The first kappa shape index (κ1) is 29.2. The number of halogens is 1. The zero-order valence-electron chi connectivity index (χ0n) is 21.9. The number of hydrogen-bond acceptors (Lipinski definition) is 4. The zero-order valence-corrected chi connectivity index (χ0v) is 22.6. The number of aryl methyl sites for hydroxylation is 1. The van der Waals surface area contributed by atoms with E-state index in [9.17, 15) is 19.2 Å². The molecule has 39 heavy (non-hydrogen) atoms. The van der Waals surface area contributed by atoms with E-state index in [0.717, 1.165) is 5.56 Å². The molecule has 0 bridgehead atoms. The third kappa shape index (κ3) is 8.86. The van der Waals surface area contributed by atoms with Crippen molar-refractivity contribution in [1.29, 1.82) is 0 Å². The number of benzene rings is 3. The minimum atomic E-state index is -1.17. The van der Waals surface area contributed by atoms with Gasteiger partial charge in [-0.3, -0.25) is 9.59 Å². The van der Waals surface area contributed by atoms with Gasteiger partial charge in [0.25, 0.3) is 0 Å². The summed E-state index contributed by atoms with van der Waals surface area (Å²) in [6.07, 6.45) is 0.439. The molecule has 10 heteroatoms. The van der Waals surface area contributed by atoms with Crippen LogP contribution in [0.5, 0.6) is 0 Å². The molecule has 0 aliphatic rings. The monoisotopic (exact) mass is 550 g/mol. The summed E-state index contributed by atoms with van der Waals surface area (Å²) in [4.78, 5) is 49.2. The third-order valence-corrected chi connectivity index (χ3v) is 6.11. The molecule has 0 unspecified atom stereocenters. The van der Waals surface area contributed by atoms with Gasteiger partial charge in [-0.2, -0.15) is 0 Å². The summed E-state index contributed by atoms with van der Waals surface area (Å²) in [5.41, 5.74) is 3.18. The van der Waals surface area contributed by atoms with Gasteiger partial charge in [-0.15, -0.1) is 0 Å². The van der Waals surface area contributed by atoms with Gasteiger partial charge < -0.3 is 26.4 Å². The van der Waals surface area contributed by atoms with Gasteiger partial charge in [0.15, 0.2) is 0 Å². The van der Waals surface area contributed by atoms with Crippen LogP contribution in [0.1, 0.15) is 41.8 Å². The fraction of sp³-hybridized carbons (Fsp3) is 0.241. The molecule has 4 amide bonds. The molecule has 0 saturated carbocycles. The van der Waals surface area contributed by atoms with E-state index in [0.29, 0.717) is 29.0 Å². The van der Waals surface area contributed by atoms with Crippen molar-refractivity contribution >= 4 is 52.5 Å². The lowest BCUT2D eigenvalue weighted by Crippen LogP contribution is -2.45. The summed E-state index contributed by atoms with van der Waals surface area (Å²) in [6.45, 7) is 5.77. The summed E-state index contributed by atoms with van der Waals surface area (Å²) < 4.78 is 0. The van der Waals surface area contributed by atoms with Gasteiger partial charge in [-0.25, -0.2) is 9.59 Å². The van der Waals surface area contributed by atoms with Gasteiger partial charge >= 0.3 is 12.0 Å². The van der Waals surface area contributed by atoms with Crippen LogP contribution >= 0.6 is 11.6 Å². The lowest BCUT2D eigenvalue weighted by molar-refractivity contribution is -0.126. The maximum Gasteiger partial charge on any atom is 0.337 e. The molecule has 0 aliphatic heterocycles. The quantitative estimate of drug-likeness (QED) is 0.220. The Kier molecular flexibility index (Phi) is 10.1. The highest BCUT2D eigenvalue weighted by atomic mass is 35.5. The molecule has 1 atom stereocenters. The van der Waals surface area contributed by atoms with Gasteiger partial charge in [-0.05, 0) is 66.8 Å². The van der Waals surface area contributed by atoms with E-state index in [1.54, 1.807) is 24.3 Å². The largest absolute Gasteiger partial charge is 0.478 e. The fourth-order valence-electron chi connectivity index (χ4n) is 3.83. The minimum absolute atomic E-state index is 0.00431. The third-order valence-electron chi connectivity index (χ3n) is 5.80. The molecule has 0 heterocycles. The molecular formula is C29H31ClN4O5. The van der Waals surface area contributed by atoms with Crippen LogP contribution in [-0.4, -0.2) is 35.0 Å². The molecule has 0 radical (unpaired) electrons. The van der Waals surface area contributed by atoms with E-state index in [-0.39, 0.29) is 34.9 Å². The highest BCUT2D eigenvalue weighted by Crippen LogP contribution is 2.22. The van der Waals surface area contributed by atoms with Crippen LogP contribution < -0.4 is 21.3 Å². The number of anilines is 3. The number of rotatable bonds is 10. The number of amides is 4. The molecule has 3 aromatic rings. The van der Waals surface area contributed by atoms with Crippen LogP contribution in [-0.2, 0) is 16.0 Å². The van der Waals surface area contributed by atoms with Crippen LogP contribution in [0.25, 0.3) is 0 Å². The summed E-state index contributed by atoms with van der Waals surface area (Å²) in [5.74, 6) is -1.82. The van der Waals surface area contributed by atoms with Crippen molar-refractivity contribution in [3.63, 3.8) is 0 Å². The summed E-state index contributed by atoms with van der Waals surface area (Å²) in [6, 6.07) is 17.2. The number of carbonyl (C=O) groups excluding carboxylic acids is 3. The normalized spacial score (nSPS) is 11.4. The Labute approximate surface area is 232 Å². The minimum Gasteiger partial charge on any atom is -0.478 e. The summed E-state index contributed by atoms with van der Waals surface area (Å²) >= 11 is 6.00. The van der Waals surface area contributed by atoms with Crippen LogP contribution in [0.15, 0.2) is 66.7 Å². The molecular weight excluding hydrogens is 520 g/mol. The molecule has 0 saturated heterocycles. The van der Waals surface area contributed by atoms with Crippen molar-refractivity contribution in [3.8, 4) is 0 Å². The summed E-state index contributed by atoms with van der Waals surface area (Å²) in [7, 11) is 0. The van der Waals surface area contributed by atoms with E-state index < -0.39 is 17.9 Å². The maximum absolute atomic E-state index is 12.9. The average molecular weight is 551 g/mol. The summed E-state index contributed by atoms with van der Waals surface area (Å²) in [5, 5.41) is 20.1. The van der Waals surface area contributed by atoms with Crippen molar-refractivity contribution < 1.29 is 24.3 Å². The Hall–Kier alpha value is -4.37. The highest BCUT2D eigenvalue weighted by molar-refractivity contribution is 6.33. The van der Waals surface area contributed by atoms with Crippen molar-refractivity contribution in [2.75, 3.05) is 16.0 Å². The number of aromatic carboxylic acids is 1. The van der Waals surface area contributed by atoms with Gasteiger partial charge in [-0.1, -0.05) is 55.8 Å². The average Bonchev–Trinajstić information content (AvgIpc) is 2.85. The molecule has 0 aromatic heterocycles. The first-order valence-electron chi connectivity index (χ1n) is 12.4. The predicted octanol–water partition coefficient (Wildman–Crippen LogP) is 5.70. The van der Waals surface area contributed by atoms with Crippen molar-refractivity contribution in [1.82, 2.24) is 5.32 Å². The molecule has 0 fully saturated rings. The second-order valence-electron chi connectivity index (χ2n) is 9.51. The zero-order chi connectivity index (χ0) is 28.5. The Morgan fingerprint density at radius 1 is 0.872 bits per heavy atom. The van der Waals surface area contributed by atoms with E-state index in [1.807, 2.05) is 45.0 Å². The number of carboxylic acids is 1. The lowest BCUT2D eigenvalue weighted by Gasteiger charge is -2.20. The standard InChI is InChI=1S/C29H31ClN4O5/c1-17(2)14-25(27(36)31-21-12-13-22(28(37)38)23(30)16-21)33-26(35)15-19-8-10-20(11-9-19)32-29(39)34-24-7-5-4-6-18(24)3/h4-13,16-17,25H,14-15H2,1-3H3,(H,31,36)(H,33,35)(H,37,38)(H2,32,34,39)/t25-/m0/s1. The molecule has 3 rings (SSSR count). The predicted molar refractivity (Wildman–Crippen MR) is 152 cm³/mol. The topological polar surface area (TPSA) is 137 Å². The SMILES string of the molecule is Cc1ccccc1NC(=O)Nc1ccc(CC(=O)N[C@@H](CC(C)C)C(=O)Nc2ccc(C(=O)O)c(Cl)c2)cc1. The second-order valence-corrected chi connectivity index (χ2v) is 9.91. The molecule has 3 aromatic carbocycles. The molecule has 0 aliphatic carbocycles. The highest BCUT2D eigenvalue weighted by Gasteiger charge is 2.23. The Morgan fingerprint density at radius 2 is 1.54 bits per heavy atom. The Balaban J connectivity index is 1.57. The van der Waals surface area contributed by atoms with Crippen LogP contribution in [0, 0.1) is 12.8 Å². The van der Waals surface area contributed by atoms with Gasteiger partial charge in [0.05, 0.1) is 17.0 Å². The fourth-order valence-corrected chi connectivity index (χ4v) is 4.09. The number of para-hydroxylation sites is 1. The molecule has 5 N–H and O–H groups in total. The van der Waals surface area contributed by atoms with E-state index in [4.69, 9.17) is 16.7 Å². The van der Waals surface area contributed by atoms with Crippen LogP contribution in [0.2, 0.25) is 5.02 Å². The smallest absolute Gasteiger partial charge is 0.337 e. The van der Waals surface area contributed by atoms with Crippen molar-refractivity contribution in [2.45, 2.75) is 39.7 Å².